The first-order chi connectivity index (χ1) is 9.92. The number of nitrogens with one attached hydrogen (secondary N) is 1. The van der Waals surface area contributed by atoms with Crippen molar-refractivity contribution in [1.29, 1.82) is 0 Å². The number of carbonyl (C=O) groups is 1. The Kier molecular flexibility index (Phi) is 4.88. The van der Waals surface area contributed by atoms with Crippen molar-refractivity contribution in [3.8, 4) is 0 Å². The van der Waals surface area contributed by atoms with Crippen LogP contribution in [0.4, 0.5) is 5.69 Å². The molecule has 0 bridgehead atoms. The summed E-state index contributed by atoms with van der Waals surface area (Å²) in [6.07, 6.45) is 1.11. The highest BCUT2D eigenvalue weighted by molar-refractivity contribution is 5.90. The van der Waals surface area contributed by atoms with Crippen LogP contribution in [0, 0.1) is 12.8 Å². The number of rotatable bonds is 3. The van der Waals surface area contributed by atoms with E-state index in [9.17, 15) is 4.79 Å². The number of benzene rings is 1. The molecule has 0 saturated carbocycles. The van der Waals surface area contributed by atoms with Gasteiger partial charge in [0.1, 0.15) is 0 Å². The molecule has 1 fully saturated rings. The minimum atomic E-state index is -0.289. The van der Waals surface area contributed by atoms with Crippen LogP contribution in [-0.4, -0.2) is 43.7 Å². The first-order valence-corrected chi connectivity index (χ1v) is 7.58. The molecule has 21 heavy (non-hydrogen) atoms. The van der Waals surface area contributed by atoms with Crippen LogP contribution in [0.2, 0.25) is 0 Å². The van der Waals surface area contributed by atoms with E-state index in [1.807, 2.05) is 18.2 Å². The number of methoxy groups -OCH3 is 1. The average Bonchev–Trinajstić information content (AvgIpc) is 2.46. The molecule has 0 radical (unpaired) electrons. The van der Waals surface area contributed by atoms with E-state index in [-0.39, 0.29) is 5.97 Å². The predicted octanol–water partition coefficient (Wildman–Crippen LogP) is 2.92. The maximum Gasteiger partial charge on any atom is 0.337 e. The lowest BCUT2D eigenvalue weighted by Gasteiger charge is -2.40. The van der Waals surface area contributed by atoms with Crippen molar-refractivity contribution in [2.75, 3.05) is 26.0 Å². The van der Waals surface area contributed by atoms with Crippen molar-refractivity contribution in [1.82, 2.24) is 4.90 Å². The van der Waals surface area contributed by atoms with Crippen LogP contribution in [-0.2, 0) is 4.74 Å². The second-order valence-corrected chi connectivity index (χ2v) is 6.27. The highest BCUT2D eigenvalue weighted by Gasteiger charge is 2.29. The monoisotopic (exact) mass is 290 g/mol. The van der Waals surface area contributed by atoms with E-state index in [2.05, 4.69) is 38.0 Å². The number of nitrogens with zero attached hydrogens (tertiary/aromatic N) is 1. The van der Waals surface area contributed by atoms with Gasteiger partial charge >= 0.3 is 5.97 Å². The SMILES string of the molecule is COC(=O)c1ccc(C)c(NC2CC(C)N(C)CC2C)c1. The molecule has 3 atom stereocenters. The van der Waals surface area contributed by atoms with Gasteiger partial charge < -0.3 is 15.0 Å². The Labute approximate surface area is 127 Å². The molecule has 1 saturated heterocycles. The zero-order valence-electron chi connectivity index (χ0n) is 13.6. The van der Waals surface area contributed by atoms with Crippen LogP contribution in [0.3, 0.4) is 0 Å². The fraction of sp³-hybridized carbons (Fsp3) is 0.588. The van der Waals surface area contributed by atoms with Gasteiger partial charge in [-0.3, -0.25) is 0 Å². The Balaban J connectivity index is 2.17. The third-order valence-electron chi connectivity index (χ3n) is 4.61. The minimum Gasteiger partial charge on any atom is -0.465 e. The van der Waals surface area contributed by atoms with Crippen LogP contribution in [0.15, 0.2) is 18.2 Å². The topological polar surface area (TPSA) is 41.6 Å². The maximum atomic E-state index is 11.7. The lowest BCUT2D eigenvalue weighted by atomic mass is 9.89. The molecule has 0 aromatic heterocycles. The fourth-order valence-corrected chi connectivity index (χ4v) is 2.96. The van der Waals surface area contributed by atoms with Gasteiger partial charge in [-0.1, -0.05) is 13.0 Å². The highest BCUT2D eigenvalue weighted by Crippen LogP contribution is 2.26. The zero-order valence-corrected chi connectivity index (χ0v) is 13.6. The Morgan fingerprint density at radius 2 is 2.10 bits per heavy atom. The number of aryl methyl sites for hydroxylation is 1. The number of likely N-dealkylation sites (tertiary alicyclic amines) is 1. The van der Waals surface area contributed by atoms with Crippen LogP contribution in [0.1, 0.15) is 36.2 Å². The van der Waals surface area contributed by atoms with Gasteiger partial charge in [-0.25, -0.2) is 4.79 Å². The van der Waals surface area contributed by atoms with Gasteiger partial charge in [0, 0.05) is 24.3 Å². The summed E-state index contributed by atoms with van der Waals surface area (Å²) in [5, 5.41) is 3.63. The summed E-state index contributed by atoms with van der Waals surface area (Å²) in [7, 11) is 3.59. The highest BCUT2D eigenvalue weighted by atomic mass is 16.5. The van der Waals surface area contributed by atoms with Gasteiger partial charge in [0.25, 0.3) is 0 Å². The van der Waals surface area contributed by atoms with Crippen LogP contribution in [0.25, 0.3) is 0 Å². The molecule has 1 heterocycles. The standard InChI is InChI=1S/C17H26N2O2/c1-11-6-7-14(17(20)21-5)9-16(11)18-15-8-13(3)19(4)10-12(15)2/h6-7,9,12-13,15,18H,8,10H2,1-5H3. The van der Waals surface area contributed by atoms with E-state index in [1.54, 1.807) is 0 Å². The number of carbonyl (C=O) groups excluding carboxylic acids is 1. The van der Waals surface area contributed by atoms with Gasteiger partial charge in [-0.15, -0.1) is 0 Å². The molecule has 1 aliphatic heterocycles. The molecule has 0 spiro atoms. The van der Waals surface area contributed by atoms with Crippen molar-refractivity contribution in [3.05, 3.63) is 29.3 Å². The largest absolute Gasteiger partial charge is 0.465 e. The van der Waals surface area contributed by atoms with Crippen LogP contribution >= 0.6 is 0 Å². The van der Waals surface area contributed by atoms with Crippen molar-refractivity contribution >= 4 is 11.7 Å². The molecule has 1 N–H and O–H groups in total. The predicted molar refractivity (Wildman–Crippen MR) is 85.8 cm³/mol. The first-order valence-electron chi connectivity index (χ1n) is 7.58. The van der Waals surface area contributed by atoms with E-state index in [4.69, 9.17) is 4.74 Å². The quantitative estimate of drug-likeness (QED) is 0.869. The smallest absolute Gasteiger partial charge is 0.337 e. The van der Waals surface area contributed by atoms with E-state index < -0.39 is 0 Å². The Bertz CT molecular complexity index is 516. The van der Waals surface area contributed by atoms with Crippen LogP contribution < -0.4 is 5.32 Å². The maximum absolute atomic E-state index is 11.7. The van der Waals surface area contributed by atoms with E-state index >= 15 is 0 Å². The van der Waals surface area contributed by atoms with Gasteiger partial charge in [0.05, 0.1) is 12.7 Å². The van der Waals surface area contributed by atoms with Gasteiger partial charge in [0.2, 0.25) is 0 Å². The Morgan fingerprint density at radius 3 is 2.76 bits per heavy atom. The van der Waals surface area contributed by atoms with Crippen molar-refractivity contribution in [3.63, 3.8) is 0 Å². The van der Waals surface area contributed by atoms with Gasteiger partial charge in [-0.2, -0.15) is 0 Å². The number of anilines is 1. The third-order valence-corrected chi connectivity index (χ3v) is 4.61. The second kappa shape index (κ2) is 6.48. The van der Waals surface area contributed by atoms with Crippen molar-refractivity contribution < 1.29 is 9.53 Å². The molecule has 2 rings (SSSR count). The molecule has 1 aromatic rings. The molecule has 0 amide bonds. The lowest BCUT2D eigenvalue weighted by Crippen LogP contribution is -2.48. The zero-order chi connectivity index (χ0) is 15.6. The Morgan fingerprint density at radius 1 is 1.38 bits per heavy atom. The molecular weight excluding hydrogens is 264 g/mol. The summed E-state index contributed by atoms with van der Waals surface area (Å²) < 4.78 is 4.80. The molecule has 1 aliphatic rings. The summed E-state index contributed by atoms with van der Waals surface area (Å²) in [6, 6.07) is 6.69. The normalized spacial score (nSPS) is 26.4. The number of hydrogen-bond donors (Lipinski definition) is 1. The molecule has 1 aromatic carbocycles. The molecular formula is C17H26N2O2. The third kappa shape index (κ3) is 3.56. The molecule has 4 nitrogen and oxygen atoms in total. The average molecular weight is 290 g/mol. The first kappa shape index (κ1) is 15.8. The van der Waals surface area contributed by atoms with Crippen LogP contribution in [0.5, 0.6) is 0 Å². The van der Waals surface area contributed by atoms with Crippen molar-refractivity contribution in [2.45, 2.75) is 39.3 Å². The Hall–Kier alpha value is -1.55. The number of esters is 1. The molecule has 4 heteroatoms. The molecule has 116 valence electrons. The summed E-state index contributed by atoms with van der Waals surface area (Å²) >= 11 is 0. The lowest BCUT2D eigenvalue weighted by molar-refractivity contribution is 0.0601. The van der Waals surface area contributed by atoms with E-state index in [0.717, 1.165) is 24.2 Å². The summed E-state index contributed by atoms with van der Waals surface area (Å²) in [5.74, 6) is 0.287. The summed E-state index contributed by atoms with van der Waals surface area (Å²) in [6.45, 7) is 7.69. The van der Waals surface area contributed by atoms with Gasteiger partial charge in [0.15, 0.2) is 0 Å². The second-order valence-electron chi connectivity index (χ2n) is 6.27. The number of ether oxygens (including phenoxy) is 1. The number of hydrogen-bond acceptors (Lipinski definition) is 4. The molecule has 3 unspecified atom stereocenters. The summed E-state index contributed by atoms with van der Waals surface area (Å²) in [4.78, 5) is 14.1. The summed E-state index contributed by atoms with van der Waals surface area (Å²) in [5.41, 5.74) is 2.78. The minimum absolute atomic E-state index is 0.289. The van der Waals surface area contributed by atoms with Crippen molar-refractivity contribution in [2.24, 2.45) is 5.92 Å². The molecule has 0 aliphatic carbocycles. The van der Waals surface area contributed by atoms with E-state index in [1.165, 1.54) is 7.11 Å². The number of piperidine rings is 1. The van der Waals surface area contributed by atoms with E-state index in [0.29, 0.717) is 23.6 Å². The fourth-order valence-electron chi connectivity index (χ4n) is 2.96. The van der Waals surface area contributed by atoms with Gasteiger partial charge in [-0.05, 0) is 50.9 Å².